The van der Waals surface area contributed by atoms with Crippen LogP contribution in [0.3, 0.4) is 0 Å². The van der Waals surface area contributed by atoms with Gasteiger partial charge in [-0.3, -0.25) is 14.5 Å². The van der Waals surface area contributed by atoms with Gasteiger partial charge in [0.1, 0.15) is 11.4 Å². The number of carbonyl (C=O) groups is 2. The molecule has 0 saturated carbocycles. The van der Waals surface area contributed by atoms with E-state index in [0.717, 1.165) is 16.9 Å². The molecule has 7 nitrogen and oxygen atoms in total. The van der Waals surface area contributed by atoms with Gasteiger partial charge in [-0.25, -0.2) is 4.98 Å². The first-order valence-corrected chi connectivity index (χ1v) is 8.63. The lowest BCUT2D eigenvalue weighted by Gasteiger charge is -2.33. The van der Waals surface area contributed by atoms with Gasteiger partial charge in [0.2, 0.25) is 0 Å². The summed E-state index contributed by atoms with van der Waals surface area (Å²) in [5, 5.41) is 0. The number of hydrogen-bond acceptors (Lipinski definition) is 5. The molecule has 27 heavy (non-hydrogen) atoms. The highest BCUT2D eigenvalue weighted by molar-refractivity contribution is 6.01. The minimum atomic E-state index is -0.911. The van der Waals surface area contributed by atoms with E-state index in [4.69, 9.17) is 4.74 Å². The number of rotatable bonds is 4. The van der Waals surface area contributed by atoms with Crippen LogP contribution in [-0.4, -0.2) is 34.5 Å². The maximum absolute atomic E-state index is 13.0. The number of aromatic nitrogens is 2. The van der Waals surface area contributed by atoms with Crippen molar-refractivity contribution >= 4 is 23.2 Å². The number of ether oxygens (including phenoxy) is 2. The molecule has 2 aromatic heterocycles. The minimum absolute atomic E-state index is 0.134. The van der Waals surface area contributed by atoms with Crippen LogP contribution in [-0.2, 0) is 20.9 Å². The van der Waals surface area contributed by atoms with E-state index >= 15 is 0 Å². The number of para-hydroxylation sites is 2. The number of hydrogen-bond donors (Lipinski definition) is 0. The van der Waals surface area contributed by atoms with E-state index in [1.165, 1.54) is 7.11 Å². The highest BCUT2D eigenvalue weighted by Crippen LogP contribution is 2.35. The zero-order chi connectivity index (χ0) is 19.0. The maximum atomic E-state index is 13.0. The fraction of sp³-hybridized carbons (Fsp3) is 0.250. The van der Waals surface area contributed by atoms with Crippen molar-refractivity contribution in [2.24, 2.45) is 0 Å². The molecule has 1 amide bonds. The first kappa shape index (κ1) is 17.1. The van der Waals surface area contributed by atoms with Gasteiger partial charge in [0, 0.05) is 12.4 Å². The van der Waals surface area contributed by atoms with Gasteiger partial charge in [-0.2, -0.15) is 0 Å². The van der Waals surface area contributed by atoms with E-state index in [2.05, 4.69) is 9.72 Å². The van der Waals surface area contributed by atoms with Crippen molar-refractivity contribution < 1.29 is 19.1 Å². The minimum Gasteiger partial charge on any atom is -0.478 e. The van der Waals surface area contributed by atoms with Crippen molar-refractivity contribution in [1.29, 1.82) is 0 Å². The highest BCUT2D eigenvalue weighted by Gasteiger charge is 2.36. The van der Waals surface area contributed by atoms with Crippen LogP contribution in [0, 0.1) is 6.92 Å². The number of fused-ring (bicyclic) bond motifs is 2. The zero-order valence-electron chi connectivity index (χ0n) is 15.1. The third-order valence-corrected chi connectivity index (χ3v) is 4.53. The Morgan fingerprint density at radius 1 is 1.30 bits per heavy atom. The number of methoxy groups -OCH3 is 1. The molecular weight excluding hydrogens is 346 g/mol. The van der Waals surface area contributed by atoms with Gasteiger partial charge < -0.3 is 13.9 Å². The van der Waals surface area contributed by atoms with E-state index in [9.17, 15) is 9.59 Å². The molecule has 1 aromatic carbocycles. The van der Waals surface area contributed by atoms with E-state index in [-0.39, 0.29) is 18.9 Å². The molecule has 3 aromatic rings. The maximum Gasteiger partial charge on any atom is 0.309 e. The van der Waals surface area contributed by atoms with Gasteiger partial charge in [0.25, 0.3) is 5.91 Å². The molecule has 1 aliphatic heterocycles. The number of anilines is 1. The molecule has 0 spiro atoms. The lowest BCUT2D eigenvalue weighted by atomic mass is 10.1. The number of esters is 1. The molecule has 3 heterocycles. The van der Waals surface area contributed by atoms with Gasteiger partial charge in [0.15, 0.2) is 6.10 Å². The molecule has 7 heteroatoms. The molecule has 4 rings (SSSR count). The van der Waals surface area contributed by atoms with Crippen molar-refractivity contribution in [1.82, 2.24) is 9.38 Å². The molecule has 1 atom stereocenters. The van der Waals surface area contributed by atoms with Crippen LogP contribution in [0.15, 0.2) is 48.8 Å². The van der Waals surface area contributed by atoms with Crippen molar-refractivity contribution in [2.75, 3.05) is 12.0 Å². The van der Waals surface area contributed by atoms with E-state index < -0.39 is 12.1 Å². The summed E-state index contributed by atoms with van der Waals surface area (Å²) in [7, 11) is 1.29. The molecule has 1 aliphatic rings. The van der Waals surface area contributed by atoms with Crippen LogP contribution in [0.1, 0.15) is 17.7 Å². The van der Waals surface area contributed by atoms with E-state index in [1.807, 2.05) is 54.0 Å². The lowest BCUT2D eigenvalue weighted by molar-refractivity contribution is -0.145. The molecule has 0 radical (unpaired) electrons. The summed E-state index contributed by atoms with van der Waals surface area (Å²) in [5.74, 6) is -0.214. The summed E-state index contributed by atoms with van der Waals surface area (Å²) in [6, 6.07) is 11.3. The number of nitrogens with zero attached hydrogens (tertiary/aromatic N) is 3. The van der Waals surface area contributed by atoms with Gasteiger partial charge in [0.05, 0.1) is 31.5 Å². The van der Waals surface area contributed by atoms with Gasteiger partial charge >= 0.3 is 5.97 Å². The standard InChI is InChI=1S/C20H19N3O4/c1-13-7-8-22-11-14(21-18(22)9-13)12-23-15-5-3-4-6-16(15)27-17(20(23)25)10-19(24)26-2/h3-9,11,17H,10,12H2,1-2H3/t17-/m0/s1. The number of aryl methyl sites for hydroxylation is 1. The first-order chi connectivity index (χ1) is 13.0. The second-order valence-corrected chi connectivity index (χ2v) is 6.48. The average Bonchev–Trinajstić information content (AvgIpc) is 3.06. The predicted molar refractivity (Wildman–Crippen MR) is 98.6 cm³/mol. The number of pyridine rings is 1. The molecule has 0 unspecified atom stereocenters. The second-order valence-electron chi connectivity index (χ2n) is 6.48. The van der Waals surface area contributed by atoms with Crippen molar-refractivity contribution in [3.8, 4) is 5.75 Å². The molecule has 0 aliphatic carbocycles. The van der Waals surface area contributed by atoms with Gasteiger partial charge in [-0.15, -0.1) is 0 Å². The van der Waals surface area contributed by atoms with Crippen LogP contribution in [0.5, 0.6) is 5.75 Å². The van der Waals surface area contributed by atoms with Crippen molar-refractivity contribution in [3.63, 3.8) is 0 Å². The fourth-order valence-corrected chi connectivity index (χ4v) is 3.18. The lowest BCUT2D eigenvalue weighted by Crippen LogP contribution is -2.46. The van der Waals surface area contributed by atoms with Crippen LogP contribution < -0.4 is 9.64 Å². The molecule has 0 fully saturated rings. The first-order valence-electron chi connectivity index (χ1n) is 8.63. The Hall–Kier alpha value is -3.35. The summed E-state index contributed by atoms with van der Waals surface area (Å²) in [4.78, 5) is 30.9. The Balaban J connectivity index is 1.68. The smallest absolute Gasteiger partial charge is 0.309 e. The van der Waals surface area contributed by atoms with Crippen LogP contribution in [0.25, 0.3) is 5.65 Å². The fourth-order valence-electron chi connectivity index (χ4n) is 3.18. The number of amides is 1. The number of benzene rings is 1. The van der Waals surface area contributed by atoms with Crippen LogP contribution in [0.4, 0.5) is 5.69 Å². The predicted octanol–water partition coefficient (Wildman–Crippen LogP) is 2.50. The highest BCUT2D eigenvalue weighted by atomic mass is 16.5. The SMILES string of the molecule is COC(=O)C[C@@H]1Oc2ccccc2N(Cc2cn3ccc(C)cc3n2)C1=O. The Kier molecular flexibility index (Phi) is 4.27. The Labute approximate surface area is 156 Å². The number of imidazole rings is 1. The third kappa shape index (κ3) is 3.23. The average molecular weight is 365 g/mol. The summed E-state index contributed by atoms with van der Waals surface area (Å²) in [6.45, 7) is 2.30. The molecule has 0 saturated heterocycles. The van der Waals surface area contributed by atoms with E-state index in [1.54, 1.807) is 11.0 Å². The summed E-state index contributed by atoms with van der Waals surface area (Å²) < 4.78 is 12.4. The van der Waals surface area contributed by atoms with Crippen molar-refractivity contribution in [3.05, 3.63) is 60.0 Å². The molecule has 0 N–H and O–H groups in total. The molecule has 138 valence electrons. The second kappa shape index (κ2) is 6.75. The summed E-state index contributed by atoms with van der Waals surface area (Å²) in [5.41, 5.74) is 3.36. The molecule has 0 bridgehead atoms. The largest absolute Gasteiger partial charge is 0.478 e. The summed E-state index contributed by atoms with van der Waals surface area (Å²) in [6.07, 6.45) is 2.79. The van der Waals surface area contributed by atoms with Crippen LogP contribution in [0.2, 0.25) is 0 Å². The summed E-state index contributed by atoms with van der Waals surface area (Å²) >= 11 is 0. The van der Waals surface area contributed by atoms with E-state index in [0.29, 0.717) is 11.4 Å². The third-order valence-electron chi connectivity index (χ3n) is 4.53. The van der Waals surface area contributed by atoms with Gasteiger partial charge in [-0.1, -0.05) is 12.1 Å². The number of carbonyl (C=O) groups excluding carboxylic acids is 2. The Morgan fingerprint density at radius 3 is 2.93 bits per heavy atom. The molecular formula is C20H19N3O4. The van der Waals surface area contributed by atoms with Gasteiger partial charge in [-0.05, 0) is 36.8 Å². The Morgan fingerprint density at radius 2 is 2.11 bits per heavy atom. The van der Waals surface area contributed by atoms with Crippen molar-refractivity contribution in [2.45, 2.75) is 26.0 Å². The Bertz CT molecular complexity index is 1030. The zero-order valence-corrected chi connectivity index (χ0v) is 15.1. The quantitative estimate of drug-likeness (QED) is 0.664. The topological polar surface area (TPSA) is 73.1 Å². The normalized spacial score (nSPS) is 16.1. The van der Waals surface area contributed by atoms with Crippen LogP contribution >= 0.6 is 0 Å². The monoisotopic (exact) mass is 365 g/mol.